The Hall–Kier alpha value is -2.12. The fourth-order valence-corrected chi connectivity index (χ4v) is 3.65. The Morgan fingerprint density at radius 3 is 2.77 bits per heavy atom. The molecule has 0 aliphatic heterocycles. The fourth-order valence-electron chi connectivity index (χ4n) is 2.00. The van der Waals surface area contributed by atoms with Gasteiger partial charge in [-0.1, -0.05) is 53.4 Å². The van der Waals surface area contributed by atoms with Gasteiger partial charge in [0.05, 0.1) is 0 Å². The Labute approximate surface area is 135 Å². The number of nitrogens with one attached hydrogen (secondary N) is 1. The summed E-state index contributed by atoms with van der Waals surface area (Å²) >= 11 is 2.82. The molecule has 0 saturated heterocycles. The van der Waals surface area contributed by atoms with Crippen LogP contribution in [0.25, 0.3) is 10.8 Å². The van der Waals surface area contributed by atoms with Gasteiger partial charge in [0, 0.05) is 17.9 Å². The van der Waals surface area contributed by atoms with Gasteiger partial charge in [0.25, 0.3) is 0 Å². The summed E-state index contributed by atoms with van der Waals surface area (Å²) in [5, 5.41) is 13.3. The first kappa shape index (κ1) is 14.8. The minimum absolute atomic E-state index is 0.0136. The topological polar surface area (TPSA) is 80.9 Å². The number of fused-ring (bicyclic) bond motifs is 1. The van der Waals surface area contributed by atoms with Crippen LogP contribution in [-0.2, 0) is 4.79 Å². The number of nitrogens with two attached hydrogens (primary N) is 1. The summed E-state index contributed by atoms with van der Waals surface area (Å²) in [6, 6.07) is 14.0. The van der Waals surface area contributed by atoms with Crippen molar-refractivity contribution in [2.45, 2.75) is 10.8 Å². The van der Waals surface area contributed by atoms with Gasteiger partial charge < -0.3 is 11.1 Å². The van der Waals surface area contributed by atoms with E-state index in [2.05, 4.69) is 15.5 Å². The Bertz CT molecular complexity index is 803. The first-order valence-electron chi connectivity index (χ1n) is 6.71. The van der Waals surface area contributed by atoms with Crippen LogP contribution in [0.15, 0.2) is 46.8 Å². The van der Waals surface area contributed by atoms with Crippen molar-refractivity contribution < 1.29 is 4.79 Å². The van der Waals surface area contributed by atoms with Gasteiger partial charge in [-0.05, 0) is 22.9 Å². The number of carbonyl (C=O) groups excluding carboxylic acids is 1. The minimum Gasteiger partial charge on any atom is -0.374 e. The third-order valence-electron chi connectivity index (χ3n) is 3.01. The normalized spacial score (nSPS) is 10.7. The first-order chi connectivity index (χ1) is 10.7. The van der Waals surface area contributed by atoms with Gasteiger partial charge in [0.2, 0.25) is 11.0 Å². The molecule has 22 heavy (non-hydrogen) atoms. The maximum atomic E-state index is 12.0. The molecule has 7 heteroatoms. The van der Waals surface area contributed by atoms with E-state index in [-0.39, 0.29) is 5.91 Å². The molecule has 1 heterocycles. The van der Waals surface area contributed by atoms with E-state index in [1.54, 1.807) is 0 Å². The zero-order valence-corrected chi connectivity index (χ0v) is 13.3. The van der Waals surface area contributed by atoms with Crippen LogP contribution in [0.2, 0.25) is 0 Å². The summed E-state index contributed by atoms with van der Waals surface area (Å²) in [5.74, 6) is 0.633. The molecule has 0 fully saturated rings. The number of nitrogens with zero attached hydrogens (tertiary/aromatic N) is 2. The number of anilines is 2. The Balaban J connectivity index is 1.54. The van der Waals surface area contributed by atoms with E-state index >= 15 is 0 Å². The molecule has 0 atom stereocenters. The third kappa shape index (κ3) is 3.75. The molecule has 2 aromatic carbocycles. The van der Waals surface area contributed by atoms with Crippen LogP contribution in [0.4, 0.5) is 10.8 Å². The summed E-state index contributed by atoms with van der Waals surface area (Å²) in [6.07, 6.45) is 0.414. The number of aromatic nitrogens is 2. The number of nitrogen functional groups attached to an aromatic ring is 1. The van der Waals surface area contributed by atoms with Crippen molar-refractivity contribution in [2.24, 2.45) is 0 Å². The number of thioether (sulfide) groups is 1. The van der Waals surface area contributed by atoms with Crippen LogP contribution in [0.3, 0.4) is 0 Å². The highest BCUT2D eigenvalue weighted by Crippen LogP contribution is 2.24. The lowest BCUT2D eigenvalue weighted by molar-refractivity contribution is -0.115. The predicted molar refractivity (Wildman–Crippen MR) is 92.2 cm³/mol. The number of carbonyl (C=O) groups is 1. The van der Waals surface area contributed by atoms with Gasteiger partial charge in [0.15, 0.2) is 4.34 Å². The second-order valence-electron chi connectivity index (χ2n) is 4.61. The summed E-state index contributed by atoms with van der Waals surface area (Å²) in [6.45, 7) is 0. The summed E-state index contributed by atoms with van der Waals surface area (Å²) < 4.78 is 0.788. The Morgan fingerprint density at radius 1 is 1.18 bits per heavy atom. The zero-order valence-electron chi connectivity index (χ0n) is 11.7. The summed E-state index contributed by atoms with van der Waals surface area (Å²) in [7, 11) is 0. The monoisotopic (exact) mass is 330 g/mol. The lowest BCUT2D eigenvalue weighted by Crippen LogP contribution is -2.12. The molecule has 0 bridgehead atoms. The van der Waals surface area contributed by atoms with Gasteiger partial charge in [-0.2, -0.15) is 0 Å². The fraction of sp³-hybridized carbons (Fsp3) is 0.133. The molecular formula is C15H14N4OS2. The second kappa shape index (κ2) is 6.76. The molecule has 3 aromatic rings. The highest BCUT2D eigenvalue weighted by molar-refractivity contribution is 8.01. The van der Waals surface area contributed by atoms with Crippen molar-refractivity contribution in [2.75, 3.05) is 16.8 Å². The highest BCUT2D eigenvalue weighted by Gasteiger charge is 2.06. The van der Waals surface area contributed by atoms with Crippen molar-refractivity contribution in [3.63, 3.8) is 0 Å². The molecule has 5 nitrogen and oxygen atoms in total. The predicted octanol–water partition coefficient (Wildman–Crippen LogP) is 3.39. The van der Waals surface area contributed by atoms with E-state index in [0.717, 1.165) is 20.8 Å². The maximum Gasteiger partial charge on any atom is 0.225 e. The van der Waals surface area contributed by atoms with E-state index in [4.69, 9.17) is 5.73 Å². The largest absolute Gasteiger partial charge is 0.374 e. The average molecular weight is 330 g/mol. The molecule has 1 aromatic heterocycles. The number of hydrogen-bond donors (Lipinski definition) is 2. The molecule has 3 rings (SSSR count). The van der Waals surface area contributed by atoms with E-state index in [9.17, 15) is 4.79 Å². The molecule has 0 radical (unpaired) electrons. The molecule has 0 aliphatic carbocycles. The second-order valence-corrected chi connectivity index (χ2v) is 6.97. The molecule has 0 spiro atoms. The van der Waals surface area contributed by atoms with Gasteiger partial charge in [-0.3, -0.25) is 4.79 Å². The Kier molecular flexibility index (Phi) is 4.55. The van der Waals surface area contributed by atoms with Gasteiger partial charge in [0.1, 0.15) is 0 Å². The molecule has 0 unspecified atom stereocenters. The average Bonchev–Trinajstić information content (AvgIpc) is 2.92. The van der Waals surface area contributed by atoms with Crippen molar-refractivity contribution >= 4 is 50.6 Å². The first-order valence-corrected chi connectivity index (χ1v) is 8.51. The third-order valence-corrected chi connectivity index (χ3v) is 4.90. The SMILES string of the molecule is Nc1nnc(SCCC(=O)Nc2ccc3ccccc3c2)s1. The van der Waals surface area contributed by atoms with Crippen LogP contribution < -0.4 is 11.1 Å². The molecule has 112 valence electrons. The van der Waals surface area contributed by atoms with Gasteiger partial charge in [-0.15, -0.1) is 10.2 Å². The standard InChI is InChI=1S/C15H14N4OS2/c16-14-18-19-15(22-14)21-8-7-13(20)17-12-6-5-10-3-1-2-4-11(10)9-12/h1-6,9H,7-8H2,(H2,16,18)(H,17,20). The number of amides is 1. The van der Waals surface area contributed by atoms with E-state index in [1.165, 1.54) is 23.1 Å². The van der Waals surface area contributed by atoms with E-state index in [0.29, 0.717) is 17.3 Å². The van der Waals surface area contributed by atoms with Crippen LogP contribution >= 0.6 is 23.1 Å². The molecule has 0 saturated carbocycles. The lowest BCUT2D eigenvalue weighted by atomic mass is 10.1. The molecule has 1 amide bonds. The molecule has 0 aliphatic rings. The van der Waals surface area contributed by atoms with Crippen molar-refractivity contribution in [1.29, 1.82) is 0 Å². The number of benzene rings is 2. The quantitative estimate of drug-likeness (QED) is 0.701. The van der Waals surface area contributed by atoms with Crippen molar-refractivity contribution in [3.05, 3.63) is 42.5 Å². The molecular weight excluding hydrogens is 316 g/mol. The van der Waals surface area contributed by atoms with Crippen LogP contribution in [0.5, 0.6) is 0 Å². The number of hydrogen-bond acceptors (Lipinski definition) is 6. The van der Waals surface area contributed by atoms with Crippen LogP contribution in [-0.4, -0.2) is 21.9 Å². The van der Waals surface area contributed by atoms with Crippen LogP contribution in [0.1, 0.15) is 6.42 Å². The highest BCUT2D eigenvalue weighted by atomic mass is 32.2. The molecule has 3 N–H and O–H groups in total. The maximum absolute atomic E-state index is 12.0. The van der Waals surface area contributed by atoms with Crippen molar-refractivity contribution in [3.8, 4) is 0 Å². The van der Waals surface area contributed by atoms with E-state index in [1.807, 2.05) is 42.5 Å². The van der Waals surface area contributed by atoms with Gasteiger partial charge >= 0.3 is 0 Å². The summed E-state index contributed by atoms with van der Waals surface area (Å²) in [5.41, 5.74) is 6.32. The Morgan fingerprint density at radius 2 is 2.00 bits per heavy atom. The van der Waals surface area contributed by atoms with Gasteiger partial charge in [-0.25, -0.2) is 0 Å². The zero-order chi connectivity index (χ0) is 15.4. The number of rotatable bonds is 5. The van der Waals surface area contributed by atoms with Crippen molar-refractivity contribution in [1.82, 2.24) is 10.2 Å². The van der Waals surface area contributed by atoms with Crippen LogP contribution in [0, 0.1) is 0 Å². The summed E-state index contributed by atoms with van der Waals surface area (Å²) in [4.78, 5) is 12.0. The van der Waals surface area contributed by atoms with E-state index < -0.39 is 0 Å². The minimum atomic E-state index is -0.0136. The lowest BCUT2D eigenvalue weighted by Gasteiger charge is -2.06. The smallest absolute Gasteiger partial charge is 0.225 e.